The maximum Gasteiger partial charge on any atom is 0.224 e. The molecule has 0 radical (unpaired) electrons. The van der Waals surface area contributed by atoms with Crippen LogP contribution in [0.2, 0.25) is 0 Å². The third-order valence-electron chi connectivity index (χ3n) is 2.91. The van der Waals surface area contributed by atoms with Crippen LogP contribution in [0.4, 0.5) is 0 Å². The van der Waals surface area contributed by atoms with E-state index in [9.17, 15) is 0 Å². The van der Waals surface area contributed by atoms with Gasteiger partial charge in [0.1, 0.15) is 0 Å². The molecule has 0 aliphatic carbocycles. The van der Waals surface area contributed by atoms with Crippen LogP contribution in [0.3, 0.4) is 0 Å². The summed E-state index contributed by atoms with van der Waals surface area (Å²) in [4.78, 5) is 4.17. The van der Waals surface area contributed by atoms with Crippen molar-refractivity contribution in [2.24, 2.45) is 0 Å². The number of aromatic nitrogens is 5. The number of aryl methyl sites for hydroxylation is 2. The van der Waals surface area contributed by atoms with Crippen LogP contribution in [0.1, 0.15) is 17.1 Å². The first-order valence-corrected chi connectivity index (χ1v) is 5.95. The highest BCUT2D eigenvalue weighted by atomic mass is 16.5. The second-order valence-corrected chi connectivity index (χ2v) is 4.41. The first-order valence-electron chi connectivity index (χ1n) is 5.95. The monoisotopic (exact) mass is 255 g/mol. The first kappa shape index (κ1) is 11.6. The molecule has 3 aromatic rings. The minimum atomic E-state index is 0.466. The summed E-state index contributed by atoms with van der Waals surface area (Å²) in [6.45, 7) is 5.72. The largest absolute Gasteiger partial charge is 0.339 e. The Morgan fingerprint density at radius 2 is 1.79 bits per heavy atom. The van der Waals surface area contributed by atoms with Gasteiger partial charge >= 0.3 is 0 Å². The third kappa shape index (κ3) is 2.01. The molecule has 0 aliphatic rings. The maximum absolute atomic E-state index is 4.97. The molecular weight excluding hydrogens is 242 g/mol. The standard InChI is InChI=1S/C13H13N5O/c1-8-4-6-11(7-5-8)18-9(2)12(15-17-18)13-14-10(3)19-16-13/h4-7H,1-3H3. The van der Waals surface area contributed by atoms with Crippen molar-refractivity contribution in [3.8, 4) is 17.2 Å². The molecule has 6 heteroatoms. The van der Waals surface area contributed by atoms with E-state index in [1.807, 2.05) is 38.1 Å². The van der Waals surface area contributed by atoms with Gasteiger partial charge in [-0.2, -0.15) is 4.98 Å². The van der Waals surface area contributed by atoms with E-state index in [2.05, 4.69) is 20.5 Å². The number of rotatable bonds is 2. The fourth-order valence-corrected chi connectivity index (χ4v) is 1.86. The topological polar surface area (TPSA) is 69.6 Å². The number of hydrogen-bond donors (Lipinski definition) is 0. The Bertz CT molecular complexity index is 711. The van der Waals surface area contributed by atoms with Crippen molar-refractivity contribution in [1.29, 1.82) is 0 Å². The molecule has 0 spiro atoms. The Labute approximate surface area is 110 Å². The molecule has 0 atom stereocenters. The van der Waals surface area contributed by atoms with Crippen molar-refractivity contribution in [2.75, 3.05) is 0 Å². The molecule has 19 heavy (non-hydrogen) atoms. The lowest BCUT2D eigenvalue weighted by Gasteiger charge is -2.03. The second-order valence-electron chi connectivity index (χ2n) is 4.41. The molecule has 6 nitrogen and oxygen atoms in total. The lowest BCUT2D eigenvalue weighted by atomic mass is 10.2. The molecule has 2 aromatic heterocycles. The van der Waals surface area contributed by atoms with Crippen LogP contribution in [0.5, 0.6) is 0 Å². The van der Waals surface area contributed by atoms with E-state index in [1.165, 1.54) is 5.56 Å². The van der Waals surface area contributed by atoms with Crippen LogP contribution < -0.4 is 0 Å². The smallest absolute Gasteiger partial charge is 0.224 e. The predicted molar refractivity (Wildman–Crippen MR) is 68.9 cm³/mol. The number of nitrogens with zero attached hydrogens (tertiary/aromatic N) is 5. The van der Waals surface area contributed by atoms with E-state index in [0.717, 1.165) is 11.4 Å². The maximum atomic E-state index is 4.97. The Hall–Kier alpha value is -2.50. The molecule has 0 saturated heterocycles. The van der Waals surface area contributed by atoms with Crippen LogP contribution in [0.25, 0.3) is 17.2 Å². The van der Waals surface area contributed by atoms with Gasteiger partial charge in [-0.25, -0.2) is 4.68 Å². The Morgan fingerprint density at radius 1 is 1.05 bits per heavy atom. The van der Waals surface area contributed by atoms with Crippen molar-refractivity contribution in [3.63, 3.8) is 0 Å². The quantitative estimate of drug-likeness (QED) is 0.702. The molecular formula is C13H13N5O. The molecule has 0 saturated carbocycles. The van der Waals surface area contributed by atoms with Gasteiger partial charge in [0.2, 0.25) is 11.7 Å². The van der Waals surface area contributed by atoms with Crippen molar-refractivity contribution < 1.29 is 4.52 Å². The Kier molecular flexibility index (Phi) is 2.63. The predicted octanol–water partition coefficient (Wildman–Crippen LogP) is 2.24. The summed E-state index contributed by atoms with van der Waals surface area (Å²) in [6, 6.07) is 8.08. The van der Waals surface area contributed by atoms with Crippen LogP contribution in [0, 0.1) is 20.8 Å². The zero-order valence-electron chi connectivity index (χ0n) is 11.0. The van der Waals surface area contributed by atoms with Crippen molar-refractivity contribution >= 4 is 0 Å². The Morgan fingerprint density at radius 3 is 2.42 bits per heavy atom. The van der Waals surface area contributed by atoms with Crippen LogP contribution >= 0.6 is 0 Å². The fourth-order valence-electron chi connectivity index (χ4n) is 1.86. The molecule has 96 valence electrons. The minimum Gasteiger partial charge on any atom is -0.339 e. The molecule has 0 fully saturated rings. The van der Waals surface area contributed by atoms with Gasteiger partial charge in [-0.05, 0) is 26.0 Å². The van der Waals surface area contributed by atoms with Crippen molar-refractivity contribution in [2.45, 2.75) is 20.8 Å². The summed E-state index contributed by atoms with van der Waals surface area (Å²) in [5, 5.41) is 12.1. The van der Waals surface area contributed by atoms with Gasteiger partial charge in [0.25, 0.3) is 0 Å². The van der Waals surface area contributed by atoms with Gasteiger partial charge in [-0.15, -0.1) is 5.10 Å². The lowest BCUT2D eigenvalue weighted by molar-refractivity contribution is 0.394. The minimum absolute atomic E-state index is 0.466. The molecule has 0 aliphatic heterocycles. The summed E-state index contributed by atoms with van der Waals surface area (Å²) in [6.07, 6.45) is 0. The van der Waals surface area contributed by atoms with Crippen LogP contribution in [-0.4, -0.2) is 25.1 Å². The SMILES string of the molecule is Cc1ccc(-n2nnc(-c3noc(C)n3)c2C)cc1. The summed E-state index contributed by atoms with van der Waals surface area (Å²) in [7, 11) is 0. The highest BCUT2D eigenvalue weighted by molar-refractivity contribution is 5.52. The van der Waals surface area contributed by atoms with Crippen molar-refractivity contribution in [1.82, 2.24) is 25.1 Å². The third-order valence-corrected chi connectivity index (χ3v) is 2.91. The number of benzene rings is 1. The zero-order valence-corrected chi connectivity index (χ0v) is 11.0. The average Bonchev–Trinajstić information content (AvgIpc) is 2.97. The van der Waals surface area contributed by atoms with E-state index in [0.29, 0.717) is 17.4 Å². The van der Waals surface area contributed by atoms with E-state index < -0.39 is 0 Å². The highest BCUT2D eigenvalue weighted by Gasteiger charge is 2.16. The molecule has 0 amide bonds. The lowest BCUT2D eigenvalue weighted by Crippen LogP contribution is -1.99. The summed E-state index contributed by atoms with van der Waals surface area (Å²) in [5.41, 5.74) is 3.68. The molecule has 1 aromatic carbocycles. The molecule has 0 bridgehead atoms. The zero-order chi connectivity index (χ0) is 13.4. The Balaban J connectivity index is 2.06. The molecule has 0 unspecified atom stereocenters. The van der Waals surface area contributed by atoms with Gasteiger partial charge < -0.3 is 4.52 Å². The van der Waals surface area contributed by atoms with Gasteiger partial charge in [-0.1, -0.05) is 28.1 Å². The van der Waals surface area contributed by atoms with Crippen molar-refractivity contribution in [3.05, 3.63) is 41.4 Å². The molecule has 2 heterocycles. The van der Waals surface area contributed by atoms with Crippen LogP contribution in [-0.2, 0) is 0 Å². The summed E-state index contributed by atoms with van der Waals surface area (Å²) < 4.78 is 6.73. The average molecular weight is 255 g/mol. The summed E-state index contributed by atoms with van der Waals surface area (Å²) >= 11 is 0. The summed E-state index contributed by atoms with van der Waals surface area (Å²) in [5.74, 6) is 0.979. The first-order chi connectivity index (χ1) is 9.15. The van der Waals surface area contributed by atoms with E-state index in [1.54, 1.807) is 11.6 Å². The van der Waals surface area contributed by atoms with E-state index in [-0.39, 0.29) is 0 Å². The van der Waals surface area contributed by atoms with E-state index in [4.69, 9.17) is 4.52 Å². The highest BCUT2D eigenvalue weighted by Crippen LogP contribution is 2.20. The number of hydrogen-bond acceptors (Lipinski definition) is 5. The van der Waals surface area contributed by atoms with Gasteiger partial charge in [0, 0.05) is 6.92 Å². The normalized spacial score (nSPS) is 10.9. The fraction of sp³-hybridized carbons (Fsp3) is 0.231. The molecule has 0 N–H and O–H groups in total. The second kappa shape index (κ2) is 4.31. The van der Waals surface area contributed by atoms with Gasteiger partial charge in [-0.3, -0.25) is 0 Å². The van der Waals surface area contributed by atoms with Gasteiger partial charge in [0.15, 0.2) is 5.69 Å². The van der Waals surface area contributed by atoms with E-state index >= 15 is 0 Å². The van der Waals surface area contributed by atoms with Gasteiger partial charge in [0.05, 0.1) is 11.4 Å². The molecule has 3 rings (SSSR count). The van der Waals surface area contributed by atoms with Crippen LogP contribution in [0.15, 0.2) is 28.8 Å².